The molecule has 13 nitrogen and oxygen atoms in total. The van der Waals surface area contributed by atoms with Crippen molar-refractivity contribution in [2.24, 2.45) is 11.5 Å². The second-order valence-corrected chi connectivity index (χ2v) is 13.4. The van der Waals surface area contributed by atoms with Crippen molar-refractivity contribution in [3.8, 4) is 0 Å². The maximum atomic E-state index is 13.9. The van der Waals surface area contributed by atoms with Gasteiger partial charge >= 0.3 is 12.1 Å². The molecule has 2 rings (SSSR count). The predicted molar refractivity (Wildman–Crippen MR) is 169 cm³/mol. The first kappa shape index (κ1) is 35.7. The van der Waals surface area contributed by atoms with Gasteiger partial charge in [-0.25, -0.2) is 4.79 Å². The number of alkyl carbamates (subject to hydrolysis) is 1. The Labute approximate surface area is 261 Å². The van der Waals surface area contributed by atoms with Gasteiger partial charge in [0.15, 0.2) is 0 Å². The van der Waals surface area contributed by atoms with Gasteiger partial charge < -0.3 is 36.9 Å². The van der Waals surface area contributed by atoms with Gasteiger partial charge in [-0.05, 0) is 71.7 Å². The van der Waals surface area contributed by atoms with Crippen molar-refractivity contribution in [3.63, 3.8) is 0 Å². The van der Waals surface area contributed by atoms with Crippen LogP contribution in [0, 0.1) is 10.8 Å². The van der Waals surface area contributed by atoms with E-state index in [1.165, 1.54) is 11.3 Å². The van der Waals surface area contributed by atoms with Crippen LogP contribution >= 0.6 is 11.3 Å². The summed E-state index contributed by atoms with van der Waals surface area (Å²) in [5.74, 6) is -2.09. The molecule has 2 aromatic rings. The van der Waals surface area contributed by atoms with E-state index in [1.54, 1.807) is 77.9 Å². The maximum absolute atomic E-state index is 13.9. The van der Waals surface area contributed by atoms with E-state index in [0.29, 0.717) is 16.0 Å². The molecule has 0 fully saturated rings. The van der Waals surface area contributed by atoms with Crippen molar-refractivity contribution < 1.29 is 28.7 Å². The zero-order valence-corrected chi connectivity index (χ0v) is 26.8. The van der Waals surface area contributed by atoms with Gasteiger partial charge in [0.05, 0.1) is 18.0 Å². The molecule has 1 unspecified atom stereocenters. The second-order valence-electron chi connectivity index (χ2n) is 12.2. The molecular formula is C30H43N7O6S. The predicted octanol–water partition coefficient (Wildman–Crippen LogP) is 2.68. The Bertz CT molecular complexity index is 1390. The lowest BCUT2D eigenvalue weighted by atomic mass is 9.84. The first-order valence-corrected chi connectivity index (χ1v) is 14.7. The molecule has 1 atom stereocenters. The molecule has 0 aliphatic rings. The van der Waals surface area contributed by atoms with Crippen molar-refractivity contribution in [2.45, 2.75) is 84.1 Å². The highest BCUT2D eigenvalue weighted by molar-refractivity contribution is 7.14. The number of ether oxygens (including phenoxy) is 2. The normalized spacial score (nSPS) is 12.8. The smallest absolute Gasteiger partial charge is 0.408 e. The minimum absolute atomic E-state index is 0.0751. The number of amidine groups is 2. The standard InChI is InChI=1S/C30H43N7O6S/c1-28(2,3)42-23(39)12-13-30(37-27(41)43-29(4,5)6,15-18-8-7-9-19(14-18)24(31)32)26(40)36-17-22(38)35-16-20-10-11-21(44-20)25(33)34/h7-11,14H,12-13,15-17H2,1-6H3,(H3,31,32)(H3,33,34)(H,35,38)(H,36,40)(H,37,41). The number of carbonyl (C=O) groups excluding carboxylic acids is 4. The van der Waals surface area contributed by atoms with Crippen LogP contribution in [0.4, 0.5) is 4.79 Å². The molecule has 1 heterocycles. The zero-order valence-electron chi connectivity index (χ0n) is 26.0. The molecule has 1 aromatic heterocycles. The van der Waals surface area contributed by atoms with Crippen LogP contribution < -0.4 is 27.4 Å². The number of nitrogen functional groups attached to an aromatic ring is 2. The van der Waals surface area contributed by atoms with E-state index in [-0.39, 0.29) is 37.5 Å². The molecular weight excluding hydrogens is 586 g/mol. The van der Waals surface area contributed by atoms with Crippen LogP contribution in [0.3, 0.4) is 0 Å². The number of nitrogens with two attached hydrogens (primary N) is 2. The Morgan fingerprint density at radius 1 is 0.886 bits per heavy atom. The van der Waals surface area contributed by atoms with E-state index in [0.717, 1.165) is 4.88 Å². The van der Waals surface area contributed by atoms with Gasteiger partial charge in [-0.3, -0.25) is 25.2 Å². The number of nitrogens with one attached hydrogen (secondary N) is 5. The molecule has 0 saturated carbocycles. The molecule has 240 valence electrons. The number of amides is 3. The summed E-state index contributed by atoms with van der Waals surface area (Å²) in [5, 5.41) is 23.3. The molecule has 0 radical (unpaired) electrons. The monoisotopic (exact) mass is 629 g/mol. The fraction of sp³-hybridized carbons (Fsp3) is 0.467. The molecule has 0 aliphatic carbocycles. The van der Waals surface area contributed by atoms with Crippen LogP contribution in [-0.4, -0.2) is 58.8 Å². The number of hydrogen-bond acceptors (Lipinski definition) is 9. The Kier molecular flexibility index (Phi) is 12.0. The summed E-state index contributed by atoms with van der Waals surface area (Å²) in [6, 6.07) is 10.0. The molecule has 3 amide bonds. The average molecular weight is 630 g/mol. The molecule has 44 heavy (non-hydrogen) atoms. The largest absolute Gasteiger partial charge is 0.460 e. The van der Waals surface area contributed by atoms with E-state index < -0.39 is 47.2 Å². The van der Waals surface area contributed by atoms with Crippen LogP contribution in [0.2, 0.25) is 0 Å². The molecule has 0 spiro atoms. The van der Waals surface area contributed by atoms with Crippen LogP contribution in [0.5, 0.6) is 0 Å². The topological polar surface area (TPSA) is 223 Å². The number of benzene rings is 1. The van der Waals surface area contributed by atoms with E-state index in [2.05, 4.69) is 16.0 Å². The Balaban J connectivity index is 2.36. The first-order chi connectivity index (χ1) is 20.3. The molecule has 1 aromatic carbocycles. The van der Waals surface area contributed by atoms with E-state index in [4.69, 9.17) is 31.8 Å². The van der Waals surface area contributed by atoms with Crippen LogP contribution in [0.15, 0.2) is 36.4 Å². The van der Waals surface area contributed by atoms with Crippen molar-refractivity contribution >= 4 is 46.9 Å². The first-order valence-electron chi connectivity index (χ1n) is 13.9. The number of rotatable bonds is 13. The Morgan fingerprint density at radius 2 is 1.55 bits per heavy atom. The quantitative estimate of drug-likeness (QED) is 0.0988. The summed E-state index contributed by atoms with van der Waals surface area (Å²) in [6.07, 6.45) is -1.45. The lowest BCUT2D eigenvalue weighted by Gasteiger charge is -2.34. The second kappa shape index (κ2) is 14.8. The summed E-state index contributed by atoms with van der Waals surface area (Å²) in [6.45, 7) is 9.88. The summed E-state index contributed by atoms with van der Waals surface area (Å²) < 4.78 is 10.9. The highest BCUT2D eigenvalue weighted by Crippen LogP contribution is 2.24. The van der Waals surface area contributed by atoms with Gasteiger partial charge in [-0.2, -0.15) is 0 Å². The molecule has 9 N–H and O–H groups in total. The van der Waals surface area contributed by atoms with Gasteiger partial charge in [0, 0.05) is 23.3 Å². The fourth-order valence-corrected chi connectivity index (χ4v) is 4.85. The number of hydrogen-bond donors (Lipinski definition) is 7. The lowest BCUT2D eigenvalue weighted by molar-refractivity contribution is -0.155. The van der Waals surface area contributed by atoms with Gasteiger partial charge in [-0.1, -0.05) is 18.2 Å². The third kappa shape index (κ3) is 12.0. The lowest BCUT2D eigenvalue weighted by Crippen LogP contribution is -2.61. The fourth-order valence-electron chi connectivity index (χ4n) is 4.05. The van der Waals surface area contributed by atoms with Crippen molar-refractivity contribution in [3.05, 3.63) is 57.3 Å². The molecule has 0 saturated heterocycles. The number of esters is 1. The van der Waals surface area contributed by atoms with Gasteiger partial charge in [0.25, 0.3) is 0 Å². The average Bonchev–Trinajstić information content (AvgIpc) is 3.37. The van der Waals surface area contributed by atoms with Crippen LogP contribution in [-0.2, 0) is 36.8 Å². The van der Waals surface area contributed by atoms with E-state index in [1.807, 2.05) is 0 Å². The highest BCUT2D eigenvalue weighted by atomic mass is 32.1. The molecule has 0 aliphatic heterocycles. The SMILES string of the molecule is CC(C)(C)OC(=O)CCC(Cc1cccc(C(=N)N)c1)(NC(=O)OC(C)(C)C)C(=O)NCC(=O)NCc1ccc(C(=N)N)s1. The van der Waals surface area contributed by atoms with Crippen LogP contribution in [0.1, 0.15) is 75.3 Å². The number of thiophene rings is 1. The summed E-state index contributed by atoms with van der Waals surface area (Å²) in [5.41, 5.74) is 8.68. The van der Waals surface area contributed by atoms with Crippen molar-refractivity contribution in [1.82, 2.24) is 16.0 Å². The van der Waals surface area contributed by atoms with Crippen LogP contribution in [0.25, 0.3) is 0 Å². The minimum Gasteiger partial charge on any atom is -0.460 e. The van der Waals surface area contributed by atoms with Gasteiger partial charge in [0.2, 0.25) is 11.8 Å². The van der Waals surface area contributed by atoms with Gasteiger partial charge in [0.1, 0.15) is 28.4 Å². The number of carbonyl (C=O) groups is 4. The van der Waals surface area contributed by atoms with E-state index >= 15 is 0 Å². The minimum atomic E-state index is -1.76. The summed E-state index contributed by atoms with van der Waals surface area (Å²) in [4.78, 5) is 53.8. The zero-order chi connectivity index (χ0) is 33.3. The van der Waals surface area contributed by atoms with Gasteiger partial charge in [-0.15, -0.1) is 11.3 Å². The third-order valence-electron chi connectivity index (χ3n) is 5.89. The van der Waals surface area contributed by atoms with Crippen molar-refractivity contribution in [2.75, 3.05) is 6.54 Å². The Hall–Kier alpha value is -4.46. The molecule has 0 bridgehead atoms. The highest BCUT2D eigenvalue weighted by Gasteiger charge is 2.42. The van der Waals surface area contributed by atoms with E-state index in [9.17, 15) is 19.2 Å². The summed E-state index contributed by atoms with van der Waals surface area (Å²) in [7, 11) is 0. The molecule has 14 heteroatoms. The third-order valence-corrected chi connectivity index (χ3v) is 7.01. The maximum Gasteiger partial charge on any atom is 0.408 e. The summed E-state index contributed by atoms with van der Waals surface area (Å²) >= 11 is 1.26. The van der Waals surface area contributed by atoms with Crippen molar-refractivity contribution in [1.29, 1.82) is 10.8 Å². The Morgan fingerprint density at radius 3 is 2.11 bits per heavy atom.